The Labute approximate surface area is 201 Å². The number of carbonyl (C=O) groups excluding carboxylic acids is 1. The van der Waals surface area contributed by atoms with Crippen molar-refractivity contribution < 1.29 is 13.9 Å². The molecule has 0 aliphatic heterocycles. The number of nitriles is 1. The molecule has 0 aliphatic carbocycles. The van der Waals surface area contributed by atoms with Gasteiger partial charge < -0.3 is 19.9 Å². The Balaban J connectivity index is 1.98. The predicted molar refractivity (Wildman–Crippen MR) is 132 cm³/mol. The second kappa shape index (κ2) is 14.1. The van der Waals surface area contributed by atoms with Gasteiger partial charge >= 0.3 is 0 Å². The van der Waals surface area contributed by atoms with Crippen LogP contribution in [0.2, 0.25) is 0 Å². The fourth-order valence-corrected chi connectivity index (χ4v) is 3.25. The first-order valence-corrected chi connectivity index (χ1v) is 11.4. The number of pyridine rings is 1. The lowest BCUT2D eigenvalue weighted by molar-refractivity contribution is -0.117. The molecule has 7 nitrogen and oxygen atoms in total. The minimum Gasteiger partial charge on any atom is -0.492 e. The van der Waals surface area contributed by atoms with Gasteiger partial charge in [-0.15, -0.1) is 0 Å². The first-order chi connectivity index (χ1) is 16.3. The van der Waals surface area contributed by atoms with Crippen LogP contribution in [0, 0.1) is 17.3 Å². The number of benzene rings is 1. The normalized spacial score (nSPS) is 12.5. The third-order valence-electron chi connectivity index (χ3n) is 5.23. The van der Waals surface area contributed by atoms with Gasteiger partial charge in [-0.25, -0.2) is 4.98 Å². The SMILES string of the molecule is CCCC(NC(=O)/C(C#N)=C/c1cccc(F)n1)c1ccc(OCCN(C)CCN(C)C)cc1. The molecule has 0 spiro atoms. The molecule has 1 aromatic heterocycles. The molecule has 0 saturated carbocycles. The first kappa shape index (κ1) is 27.0. The summed E-state index contributed by atoms with van der Waals surface area (Å²) in [5.74, 6) is -0.424. The van der Waals surface area contributed by atoms with Crippen molar-refractivity contribution in [2.45, 2.75) is 25.8 Å². The van der Waals surface area contributed by atoms with Crippen LogP contribution in [-0.2, 0) is 4.79 Å². The van der Waals surface area contributed by atoms with E-state index >= 15 is 0 Å². The fourth-order valence-electron chi connectivity index (χ4n) is 3.25. The molecule has 1 amide bonds. The molecule has 1 unspecified atom stereocenters. The molecule has 1 heterocycles. The van der Waals surface area contributed by atoms with Crippen molar-refractivity contribution in [1.29, 1.82) is 5.26 Å². The minimum absolute atomic E-state index is 0.127. The van der Waals surface area contributed by atoms with Gasteiger partial charge in [-0.05, 0) is 63.5 Å². The number of amides is 1. The van der Waals surface area contributed by atoms with Crippen LogP contribution in [0.3, 0.4) is 0 Å². The molecule has 0 aliphatic rings. The highest BCUT2D eigenvalue weighted by Crippen LogP contribution is 2.22. The molecule has 0 fully saturated rings. The van der Waals surface area contributed by atoms with E-state index in [9.17, 15) is 14.4 Å². The Morgan fingerprint density at radius 1 is 1.18 bits per heavy atom. The summed E-state index contributed by atoms with van der Waals surface area (Å²) < 4.78 is 19.2. The van der Waals surface area contributed by atoms with Crippen LogP contribution in [0.25, 0.3) is 6.08 Å². The number of likely N-dealkylation sites (N-methyl/N-ethyl adjacent to an activating group) is 2. The zero-order valence-corrected chi connectivity index (χ0v) is 20.4. The van der Waals surface area contributed by atoms with Gasteiger partial charge in [0.25, 0.3) is 5.91 Å². The number of ether oxygens (including phenoxy) is 1. The Bertz CT molecular complexity index is 985. The Morgan fingerprint density at radius 3 is 2.53 bits per heavy atom. The van der Waals surface area contributed by atoms with E-state index in [0.717, 1.165) is 37.4 Å². The second-order valence-corrected chi connectivity index (χ2v) is 8.39. The average molecular weight is 468 g/mol. The summed E-state index contributed by atoms with van der Waals surface area (Å²) in [7, 11) is 6.18. The van der Waals surface area contributed by atoms with Crippen LogP contribution < -0.4 is 10.1 Å². The lowest BCUT2D eigenvalue weighted by Crippen LogP contribution is -2.31. The van der Waals surface area contributed by atoms with E-state index in [1.54, 1.807) is 0 Å². The van der Waals surface area contributed by atoms with Crippen molar-refractivity contribution in [3.63, 3.8) is 0 Å². The van der Waals surface area contributed by atoms with Crippen molar-refractivity contribution >= 4 is 12.0 Å². The summed E-state index contributed by atoms with van der Waals surface area (Å²) >= 11 is 0. The summed E-state index contributed by atoms with van der Waals surface area (Å²) in [6.07, 6.45) is 2.84. The standard InChI is InChI=1S/C26H34FN5O2/c1-5-7-24(30-26(33)21(19-28)18-22-8-6-9-25(27)29-22)20-10-12-23(13-11-20)34-17-16-32(4)15-14-31(2)3/h6,8-13,18,24H,5,7,14-17H2,1-4H3,(H,30,33)/b21-18+. The van der Waals surface area contributed by atoms with Gasteiger partial charge in [-0.1, -0.05) is 31.5 Å². The number of carbonyl (C=O) groups is 1. The monoisotopic (exact) mass is 467 g/mol. The van der Waals surface area contributed by atoms with Crippen molar-refractivity contribution in [3.05, 3.63) is 65.2 Å². The second-order valence-electron chi connectivity index (χ2n) is 8.39. The fraction of sp³-hybridized carbons (Fsp3) is 0.423. The van der Waals surface area contributed by atoms with Crippen LogP contribution in [-0.4, -0.2) is 68.1 Å². The van der Waals surface area contributed by atoms with Gasteiger partial charge in [0.15, 0.2) is 0 Å². The highest BCUT2D eigenvalue weighted by Gasteiger charge is 2.17. The molecule has 34 heavy (non-hydrogen) atoms. The maximum absolute atomic E-state index is 13.3. The molecule has 2 rings (SSSR count). The molecular formula is C26H34FN5O2. The van der Waals surface area contributed by atoms with Gasteiger partial charge in [0, 0.05) is 19.6 Å². The zero-order valence-electron chi connectivity index (χ0n) is 20.4. The van der Waals surface area contributed by atoms with Crippen LogP contribution in [0.15, 0.2) is 48.0 Å². The third-order valence-corrected chi connectivity index (χ3v) is 5.23. The lowest BCUT2D eigenvalue weighted by atomic mass is 10.0. The average Bonchev–Trinajstić information content (AvgIpc) is 2.81. The molecule has 1 N–H and O–H groups in total. The Kier molecular flexibility index (Phi) is 11.2. The number of hydrogen-bond acceptors (Lipinski definition) is 6. The first-order valence-electron chi connectivity index (χ1n) is 11.4. The van der Waals surface area contributed by atoms with Crippen molar-refractivity contribution in [3.8, 4) is 11.8 Å². The van der Waals surface area contributed by atoms with E-state index in [1.807, 2.05) is 37.3 Å². The number of hydrogen-bond donors (Lipinski definition) is 1. The summed E-state index contributed by atoms with van der Waals surface area (Å²) in [5, 5.41) is 12.4. The van der Waals surface area contributed by atoms with Crippen LogP contribution in [0.1, 0.15) is 37.1 Å². The van der Waals surface area contributed by atoms with Crippen LogP contribution in [0.5, 0.6) is 5.75 Å². The molecule has 0 radical (unpaired) electrons. The maximum atomic E-state index is 13.3. The van der Waals surface area contributed by atoms with Gasteiger partial charge in [0.05, 0.1) is 11.7 Å². The van der Waals surface area contributed by atoms with E-state index in [4.69, 9.17) is 4.74 Å². The molecule has 1 aromatic carbocycles. The minimum atomic E-state index is -0.669. The number of halogens is 1. The molecule has 2 aromatic rings. The zero-order chi connectivity index (χ0) is 24.9. The molecular weight excluding hydrogens is 433 g/mol. The van der Waals surface area contributed by atoms with E-state index < -0.39 is 11.9 Å². The summed E-state index contributed by atoms with van der Waals surface area (Å²) in [5.41, 5.74) is 1.01. The number of nitrogens with one attached hydrogen (secondary N) is 1. The molecule has 8 heteroatoms. The Morgan fingerprint density at radius 2 is 1.91 bits per heavy atom. The van der Waals surface area contributed by atoms with Gasteiger partial charge in [-0.3, -0.25) is 4.79 Å². The Hall–Kier alpha value is -3.28. The summed E-state index contributed by atoms with van der Waals surface area (Å²) in [6, 6.07) is 13.5. The lowest BCUT2D eigenvalue weighted by Gasteiger charge is -2.20. The molecule has 182 valence electrons. The largest absolute Gasteiger partial charge is 0.492 e. The predicted octanol–water partition coefficient (Wildman–Crippen LogP) is 3.66. The third kappa shape index (κ3) is 9.30. The number of nitrogens with zero attached hydrogens (tertiary/aromatic N) is 4. The van der Waals surface area contributed by atoms with Crippen LogP contribution in [0.4, 0.5) is 4.39 Å². The van der Waals surface area contributed by atoms with Crippen molar-refractivity contribution in [1.82, 2.24) is 20.1 Å². The number of aromatic nitrogens is 1. The quantitative estimate of drug-likeness (QED) is 0.275. The van der Waals surface area contributed by atoms with Crippen LogP contribution >= 0.6 is 0 Å². The van der Waals surface area contributed by atoms with Crippen molar-refractivity contribution in [2.24, 2.45) is 0 Å². The highest BCUT2D eigenvalue weighted by molar-refractivity contribution is 6.01. The smallest absolute Gasteiger partial charge is 0.262 e. The summed E-state index contributed by atoms with van der Waals surface area (Å²) in [6.45, 7) is 5.41. The molecule has 1 atom stereocenters. The maximum Gasteiger partial charge on any atom is 0.262 e. The van der Waals surface area contributed by atoms with E-state index in [1.165, 1.54) is 24.3 Å². The number of rotatable bonds is 13. The van der Waals surface area contributed by atoms with Gasteiger partial charge in [0.1, 0.15) is 24.0 Å². The highest BCUT2D eigenvalue weighted by atomic mass is 19.1. The van der Waals surface area contributed by atoms with Gasteiger partial charge in [-0.2, -0.15) is 9.65 Å². The molecule has 0 saturated heterocycles. The van der Waals surface area contributed by atoms with E-state index in [-0.39, 0.29) is 17.3 Å². The van der Waals surface area contributed by atoms with E-state index in [2.05, 4.69) is 41.2 Å². The van der Waals surface area contributed by atoms with Gasteiger partial charge in [0.2, 0.25) is 5.95 Å². The topological polar surface area (TPSA) is 81.5 Å². The molecule has 0 bridgehead atoms. The summed E-state index contributed by atoms with van der Waals surface area (Å²) in [4.78, 5) is 20.8. The van der Waals surface area contributed by atoms with E-state index in [0.29, 0.717) is 13.0 Å². The van der Waals surface area contributed by atoms with Crippen molar-refractivity contribution in [2.75, 3.05) is 47.4 Å².